The molecule has 0 saturated heterocycles. The Morgan fingerprint density at radius 3 is 2.57 bits per heavy atom. The minimum Gasteiger partial charge on any atom is -0.478 e. The number of amides is 1. The number of carbonyl (C=O) groups excluding carboxylic acids is 1. The molecule has 0 fully saturated rings. The molecule has 1 heterocycles. The maximum Gasteiger partial charge on any atom is 0.337 e. The topological polar surface area (TPSA) is 92.2 Å². The first-order valence-electron chi connectivity index (χ1n) is 5.42. The van der Waals surface area contributed by atoms with Crippen molar-refractivity contribution < 1.29 is 19.1 Å². The number of hydrogen-bond donors (Lipinski definition) is 2. The molecule has 1 aromatic heterocycles. The third-order valence-electron chi connectivity index (χ3n) is 2.45. The number of para-hydroxylation sites is 1. The van der Waals surface area contributed by atoms with E-state index in [9.17, 15) is 14.0 Å². The molecule has 6 nitrogen and oxygen atoms in total. The van der Waals surface area contributed by atoms with Gasteiger partial charge in [-0.3, -0.25) is 4.79 Å². The zero-order valence-electron chi connectivity index (χ0n) is 10.1. The van der Waals surface area contributed by atoms with Gasteiger partial charge in [-0.25, -0.2) is 9.18 Å². The summed E-state index contributed by atoms with van der Waals surface area (Å²) < 4.78 is 13.7. The van der Waals surface area contributed by atoms with Crippen LogP contribution in [0.25, 0.3) is 0 Å². The SMILES string of the molecule is O=C(Nc1c(F)cccc1C(=O)O)c1cc(Cl)nnc1Cl. The summed E-state index contributed by atoms with van der Waals surface area (Å²) in [6.45, 7) is 0. The number of halogens is 3. The van der Waals surface area contributed by atoms with Gasteiger partial charge in [0.25, 0.3) is 5.91 Å². The first kappa shape index (κ1) is 15.1. The van der Waals surface area contributed by atoms with E-state index in [-0.39, 0.29) is 15.9 Å². The molecule has 0 aliphatic rings. The maximum absolute atomic E-state index is 13.7. The monoisotopic (exact) mass is 329 g/mol. The number of hydrogen-bond acceptors (Lipinski definition) is 4. The van der Waals surface area contributed by atoms with Crippen LogP contribution in [0.4, 0.5) is 10.1 Å². The summed E-state index contributed by atoms with van der Waals surface area (Å²) in [5.41, 5.74) is -1.03. The number of aromatic carboxylic acids is 1. The van der Waals surface area contributed by atoms with Crippen LogP contribution in [0.15, 0.2) is 24.3 Å². The molecule has 0 unspecified atom stereocenters. The Morgan fingerprint density at radius 2 is 1.90 bits per heavy atom. The fourth-order valence-electron chi connectivity index (χ4n) is 1.52. The summed E-state index contributed by atoms with van der Waals surface area (Å²) in [6.07, 6.45) is 0. The molecule has 9 heteroatoms. The van der Waals surface area contributed by atoms with Gasteiger partial charge in [-0.05, 0) is 18.2 Å². The predicted octanol–water partition coefficient (Wildman–Crippen LogP) is 2.87. The van der Waals surface area contributed by atoms with Crippen LogP contribution in [0.2, 0.25) is 10.3 Å². The molecule has 0 aliphatic carbocycles. The van der Waals surface area contributed by atoms with Crippen LogP contribution in [-0.4, -0.2) is 27.2 Å². The summed E-state index contributed by atoms with van der Waals surface area (Å²) in [6, 6.07) is 4.52. The van der Waals surface area contributed by atoms with Gasteiger partial charge < -0.3 is 10.4 Å². The van der Waals surface area contributed by atoms with Crippen LogP contribution in [0.3, 0.4) is 0 Å². The van der Waals surface area contributed by atoms with Crippen molar-refractivity contribution in [3.05, 3.63) is 51.5 Å². The lowest BCUT2D eigenvalue weighted by Gasteiger charge is -2.10. The van der Waals surface area contributed by atoms with Gasteiger partial charge in [-0.2, -0.15) is 0 Å². The number of nitrogens with one attached hydrogen (secondary N) is 1. The van der Waals surface area contributed by atoms with Gasteiger partial charge in [-0.15, -0.1) is 10.2 Å². The van der Waals surface area contributed by atoms with E-state index < -0.39 is 28.9 Å². The van der Waals surface area contributed by atoms with Gasteiger partial charge in [0.1, 0.15) is 5.82 Å². The number of carboxylic acid groups (broad SMARTS) is 1. The molecule has 21 heavy (non-hydrogen) atoms. The first-order chi connectivity index (χ1) is 9.90. The average molecular weight is 330 g/mol. The summed E-state index contributed by atoms with van der Waals surface area (Å²) in [5.74, 6) is -3.14. The molecule has 0 saturated carbocycles. The van der Waals surface area contributed by atoms with Gasteiger partial charge in [0.2, 0.25) is 0 Å². The minimum absolute atomic E-state index is 0.0865. The van der Waals surface area contributed by atoms with Gasteiger partial charge in [0, 0.05) is 0 Å². The Bertz CT molecular complexity index is 740. The molecular weight excluding hydrogens is 324 g/mol. The second-order valence-electron chi connectivity index (χ2n) is 3.79. The van der Waals surface area contributed by atoms with E-state index in [1.54, 1.807) is 0 Å². The molecule has 2 N–H and O–H groups in total. The molecule has 0 atom stereocenters. The number of rotatable bonds is 3. The van der Waals surface area contributed by atoms with E-state index in [1.807, 2.05) is 0 Å². The fourth-order valence-corrected chi connectivity index (χ4v) is 1.85. The molecular formula is C12H6Cl2FN3O3. The van der Waals surface area contributed by atoms with Crippen molar-refractivity contribution in [1.82, 2.24) is 10.2 Å². The number of nitrogens with zero attached hydrogens (tertiary/aromatic N) is 2. The van der Waals surface area contributed by atoms with Crippen LogP contribution >= 0.6 is 23.2 Å². The highest BCUT2D eigenvalue weighted by molar-refractivity contribution is 6.34. The highest BCUT2D eigenvalue weighted by Crippen LogP contribution is 2.22. The summed E-state index contributed by atoms with van der Waals surface area (Å²) in [5, 5.41) is 17.7. The van der Waals surface area contributed by atoms with Crippen LogP contribution in [-0.2, 0) is 0 Å². The number of carboxylic acids is 1. The Labute approximate surface area is 127 Å². The molecule has 1 amide bonds. The Balaban J connectivity index is 2.41. The largest absolute Gasteiger partial charge is 0.478 e. The minimum atomic E-state index is -1.39. The van der Waals surface area contributed by atoms with Crippen LogP contribution in [0.5, 0.6) is 0 Å². The summed E-state index contributed by atoms with van der Waals surface area (Å²) >= 11 is 11.3. The fraction of sp³-hybridized carbons (Fsp3) is 0. The Hall–Kier alpha value is -2.25. The van der Waals surface area contributed by atoms with Crippen LogP contribution in [0, 0.1) is 5.82 Å². The number of aromatic nitrogens is 2. The molecule has 2 aromatic rings. The molecule has 0 radical (unpaired) electrons. The smallest absolute Gasteiger partial charge is 0.337 e. The van der Waals surface area contributed by atoms with Crippen molar-refractivity contribution in [3.8, 4) is 0 Å². The molecule has 1 aromatic carbocycles. The van der Waals surface area contributed by atoms with Crippen molar-refractivity contribution in [3.63, 3.8) is 0 Å². The lowest BCUT2D eigenvalue weighted by Crippen LogP contribution is -2.17. The van der Waals surface area contributed by atoms with Crippen molar-refractivity contribution in [1.29, 1.82) is 0 Å². The van der Waals surface area contributed by atoms with Crippen molar-refractivity contribution in [2.75, 3.05) is 5.32 Å². The zero-order valence-corrected chi connectivity index (χ0v) is 11.6. The molecule has 0 spiro atoms. The third kappa shape index (κ3) is 3.26. The average Bonchev–Trinajstić information content (AvgIpc) is 2.43. The highest BCUT2D eigenvalue weighted by Gasteiger charge is 2.19. The summed E-state index contributed by atoms with van der Waals surface area (Å²) in [7, 11) is 0. The Kier molecular flexibility index (Phi) is 4.35. The van der Waals surface area contributed by atoms with Crippen LogP contribution < -0.4 is 5.32 Å². The lowest BCUT2D eigenvalue weighted by atomic mass is 10.1. The second kappa shape index (κ2) is 6.02. The number of benzene rings is 1. The third-order valence-corrected chi connectivity index (χ3v) is 2.91. The molecule has 108 valence electrons. The second-order valence-corrected chi connectivity index (χ2v) is 4.54. The maximum atomic E-state index is 13.7. The van der Waals surface area contributed by atoms with E-state index in [2.05, 4.69) is 15.5 Å². The van der Waals surface area contributed by atoms with Crippen molar-refractivity contribution in [2.24, 2.45) is 0 Å². The van der Waals surface area contributed by atoms with E-state index in [1.165, 1.54) is 6.07 Å². The quantitative estimate of drug-likeness (QED) is 0.903. The van der Waals surface area contributed by atoms with Gasteiger partial charge in [0.15, 0.2) is 10.3 Å². The first-order valence-corrected chi connectivity index (χ1v) is 6.17. The standard InChI is InChI=1S/C12H6Cl2FN3O3/c13-8-4-6(10(14)18-17-8)11(19)16-9-5(12(20)21)2-1-3-7(9)15/h1-4H,(H,16,19)(H,20,21). The highest BCUT2D eigenvalue weighted by atomic mass is 35.5. The van der Waals surface area contributed by atoms with E-state index in [4.69, 9.17) is 28.3 Å². The van der Waals surface area contributed by atoms with E-state index in [0.29, 0.717) is 0 Å². The zero-order chi connectivity index (χ0) is 15.6. The van der Waals surface area contributed by atoms with Crippen molar-refractivity contribution in [2.45, 2.75) is 0 Å². The number of anilines is 1. The predicted molar refractivity (Wildman–Crippen MR) is 73.4 cm³/mol. The van der Waals surface area contributed by atoms with Gasteiger partial charge in [-0.1, -0.05) is 29.3 Å². The Morgan fingerprint density at radius 1 is 1.19 bits per heavy atom. The van der Waals surface area contributed by atoms with E-state index >= 15 is 0 Å². The molecule has 0 aliphatic heterocycles. The summed E-state index contributed by atoms with van der Waals surface area (Å²) in [4.78, 5) is 23.1. The number of carbonyl (C=O) groups is 2. The van der Waals surface area contributed by atoms with Gasteiger partial charge >= 0.3 is 5.97 Å². The van der Waals surface area contributed by atoms with Crippen LogP contribution in [0.1, 0.15) is 20.7 Å². The molecule has 0 bridgehead atoms. The van der Waals surface area contributed by atoms with E-state index in [0.717, 1.165) is 18.2 Å². The normalized spacial score (nSPS) is 10.2. The van der Waals surface area contributed by atoms with Gasteiger partial charge in [0.05, 0.1) is 16.8 Å². The molecule has 2 rings (SSSR count). The lowest BCUT2D eigenvalue weighted by molar-refractivity contribution is 0.0697. The van der Waals surface area contributed by atoms with Crippen molar-refractivity contribution >= 4 is 40.8 Å².